The molecule has 1 unspecified atom stereocenters. The molecule has 0 aliphatic carbocycles. The van der Waals surface area contributed by atoms with Gasteiger partial charge in [-0.3, -0.25) is 4.18 Å². The highest BCUT2D eigenvalue weighted by atomic mass is 32.2. The van der Waals surface area contributed by atoms with Crippen molar-refractivity contribution in [3.05, 3.63) is 46.3 Å². The zero-order chi connectivity index (χ0) is 30.0. The smallest absolute Gasteiger partial charge is 0.337 e. The van der Waals surface area contributed by atoms with Crippen LogP contribution in [0.15, 0.2) is 45.4 Å². The lowest BCUT2D eigenvalue weighted by Crippen LogP contribution is -2.33. The molecule has 3 rings (SSSR count). The highest BCUT2D eigenvalue weighted by molar-refractivity contribution is 7.85. The van der Waals surface area contributed by atoms with Crippen molar-refractivity contribution in [1.29, 1.82) is 0 Å². The average Bonchev–Trinajstić information content (AvgIpc) is 3.37. The van der Waals surface area contributed by atoms with Gasteiger partial charge in [-0.15, -0.1) is 0 Å². The van der Waals surface area contributed by atoms with E-state index in [1.165, 1.54) is 0 Å². The van der Waals surface area contributed by atoms with Crippen LogP contribution in [-0.4, -0.2) is 56.2 Å². The number of allylic oxidation sites excluding steroid dienone is 2. The molecule has 0 radical (unpaired) electrons. The van der Waals surface area contributed by atoms with Crippen molar-refractivity contribution in [1.82, 2.24) is 15.6 Å². The Labute approximate surface area is 241 Å². The van der Waals surface area contributed by atoms with Gasteiger partial charge in [-0.05, 0) is 62.5 Å². The van der Waals surface area contributed by atoms with Gasteiger partial charge in [0, 0.05) is 11.4 Å². The zero-order valence-corrected chi connectivity index (χ0v) is 25.3. The van der Waals surface area contributed by atoms with Crippen LogP contribution in [0, 0.1) is 0 Å². The normalized spacial score (nSPS) is 15.9. The summed E-state index contributed by atoms with van der Waals surface area (Å²) < 4.78 is 42.9. The number of hydrogen-bond acceptors (Lipinski definition) is 11. The maximum atomic E-state index is 13.5. The highest BCUT2D eigenvalue weighted by Gasteiger charge is 2.39. The molecule has 11 nitrogen and oxygen atoms in total. The van der Waals surface area contributed by atoms with Gasteiger partial charge in [0.15, 0.2) is 0 Å². The summed E-state index contributed by atoms with van der Waals surface area (Å²) in [6, 6.07) is 5.34. The van der Waals surface area contributed by atoms with Crippen LogP contribution in [0.1, 0.15) is 90.5 Å². The fourth-order valence-electron chi connectivity index (χ4n) is 4.90. The summed E-state index contributed by atoms with van der Waals surface area (Å²) in [7, 11) is -3.36. The van der Waals surface area contributed by atoms with Crippen molar-refractivity contribution < 1.29 is 36.3 Å². The first-order valence-electron chi connectivity index (χ1n) is 14.1. The van der Waals surface area contributed by atoms with E-state index < -0.39 is 28.0 Å². The topological polar surface area (TPSA) is 147 Å². The van der Waals surface area contributed by atoms with E-state index in [0.29, 0.717) is 39.1 Å². The molecule has 1 aliphatic rings. The number of carbonyl (C=O) groups is 2. The van der Waals surface area contributed by atoms with E-state index >= 15 is 0 Å². The van der Waals surface area contributed by atoms with Gasteiger partial charge in [-0.1, -0.05) is 50.7 Å². The van der Waals surface area contributed by atoms with Crippen molar-refractivity contribution in [2.45, 2.75) is 91.1 Å². The highest BCUT2D eigenvalue weighted by Crippen LogP contribution is 2.41. The first-order chi connectivity index (χ1) is 19.5. The van der Waals surface area contributed by atoms with Crippen LogP contribution in [0.25, 0.3) is 11.0 Å². The number of benzene rings is 1. The van der Waals surface area contributed by atoms with Gasteiger partial charge in [0.2, 0.25) is 0 Å². The molecule has 226 valence electrons. The fraction of sp³-hybridized carbons (Fsp3) is 0.586. The Balaban J connectivity index is 1.59. The second kappa shape index (κ2) is 15.1. The molecular weight excluding hydrogens is 550 g/mol. The Morgan fingerprint density at radius 1 is 0.902 bits per heavy atom. The molecule has 41 heavy (non-hydrogen) atoms. The van der Waals surface area contributed by atoms with Crippen LogP contribution in [0.2, 0.25) is 0 Å². The first-order valence-corrected chi connectivity index (χ1v) is 15.9. The third-order valence-electron chi connectivity index (χ3n) is 6.74. The van der Waals surface area contributed by atoms with E-state index in [4.69, 9.17) is 18.3 Å². The summed E-state index contributed by atoms with van der Waals surface area (Å²) in [5.41, 5.74) is 3.40. The van der Waals surface area contributed by atoms with Crippen LogP contribution < -0.4 is 5.32 Å². The Kier molecular flexibility index (Phi) is 11.9. The van der Waals surface area contributed by atoms with Crippen LogP contribution in [-0.2, 0) is 33.4 Å². The first kappa shape index (κ1) is 32.3. The Hall–Kier alpha value is -3.25. The van der Waals surface area contributed by atoms with Crippen molar-refractivity contribution >= 4 is 33.1 Å². The summed E-state index contributed by atoms with van der Waals surface area (Å²) >= 11 is 0. The molecule has 0 saturated carbocycles. The number of aromatic nitrogens is 2. The molecular formula is C29H41N3O8S. The summed E-state index contributed by atoms with van der Waals surface area (Å²) in [5.74, 6) is -1.80. The third kappa shape index (κ3) is 9.39. The summed E-state index contributed by atoms with van der Waals surface area (Å²) in [6.07, 6.45) is 8.14. The predicted molar refractivity (Wildman–Crippen MR) is 153 cm³/mol. The Bertz CT molecular complexity index is 1380. The van der Waals surface area contributed by atoms with Gasteiger partial charge in [0.25, 0.3) is 10.1 Å². The lowest BCUT2D eigenvalue weighted by Gasteiger charge is -2.30. The van der Waals surface area contributed by atoms with Crippen LogP contribution in [0.5, 0.6) is 0 Å². The lowest BCUT2D eigenvalue weighted by molar-refractivity contribution is -0.143. The minimum Gasteiger partial charge on any atom is -0.462 e. The molecule has 0 bridgehead atoms. The third-order valence-corrected chi connectivity index (χ3v) is 7.34. The number of nitrogens with one attached hydrogen (secondary N) is 1. The number of rotatable bonds is 16. The van der Waals surface area contributed by atoms with Gasteiger partial charge in [-0.2, -0.15) is 8.42 Å². The van der Waals surface area contributed by atoms with Gasteiger partial charge in [-0.25, -0.2) is 14.2 Å². The second-order valence-electron chi connectivity index (χ2n) is 10.6. The monoisotopic (exact) mass is 591 g/mol. The fourth-order valence-corrected chi connectivity index (χ4v) is 5.32. The van der Waals surface area contributed by atoms with E-state index in [9.17, 15) is 18.0 Å². The molecule has 1 aliphatic heterocycles. The number of hydrogen-bond donors (Lipinski definition) is 1. The summed E-state index contributed by atoms with van der Waals surface area (Å²) in [4.78, 5) is 26.7. The molecule has 2 aromatic rings. The van der Waals surface area contributed by atoms with Crippen LogP contribution >= 0.6 is 0 Å². The standard InChI is InChI=1S/C29H41N3O8S/c1-19(2)39-29(34)25-21(4)30-20(3)24(26(25)22-15-14-16-23-27(22)32-40-31-23)28(33)37-17-12-10-8-6-7-9-11-13-18-38-41(5,35)36/h14-16,19,26,30H,6-13,17-18H2,1-5H3. The van der Waals surface area contributed by atoms with Crippen LogP contribution in [0.3, 0.4) is 0 Å². The van der Waals surface area contributed by atoms with E-state index in [2.05, 4.69) is 15.6 Å². The maximum Gasteiger partial charge on any atom is 0.337 e. The summed E-state index contributed by atoms with van der Waals surface area (Å²) in [6.45, 7) is 7.60. The molecule has 0 saturated heterocycles. The molecule has 1 N–H and O–H groups in total. The molecule has 1 aromatic heterocycles. The molecule has 1 aromatic carbocycles. The lowest BCUT2D eigenvalue weighted by atomic mass is 9.80. The number of esters is 2. The molecule has 2 heterocycles. The second-order valence-corrected chi connectivity index (χ2v) is 12.2. The Morgan fingerprint density at radius 3 is 2.10 bits per heavy atom. The minimum atomic E-state index is -3.36. The quantitative estimate of drug-likeness (QED) is 0.159. The zero-order valence-electron chi connectivity index (χ0n) is 24.5. The maximum absolute atomic E-state index is 13.5. The Morgan fingerprint density at radius 2 is 1.49 bits per heavy atom. The molecule has 0 amide bonds. The van der Waals surface area contributed by atoms with E-state index in [1.807, 2.05) is 0 Å². The van der Waals surface area contributed by atoms with Crippen LogP contribution in [0.4, 0.5) is 0 Å². The van der Waals surface area contributed by atoms with E-state index in [-0.39, 0.29) is 19.3 Å². The molecule has 0 fully saturated rings. The number of carbonyl (C=O) groups excluding carboxylic acids is 2. The largest absolute Gasteiger partial charge is 0.462 e. The summed E-state index contributed by atoms with van der Waals surface area (Å²) in [5, 5.41) is 11.1. The van der Waals surface area contributed by atoms with E-state index in [0.717, 1.165) is 57.6 Å². The molecule has 1 atom stereocenters. The van der Waals surface area contributed by atoms with E-state index in [1.54, 1.807) is 45.9 Å². The van der Waals surface area contributed by atoms with Crippen molar-refractivity contribution in [3.63, 3.8) is 0 Å². The molecule has 12 heteroatoms. The molecule has 0 spiro atoms. The number of unbranched alkanes of at least 4 members (excludes halogenated alkanes) is 7. The predicted octanol–water partition coefficient (Wildman–Crippen LogP) is 5.05. The van der Waals surface area contributed by atoms with Gasteiger partial charge in [0.1, 0.15) is 11.0 Å². The number of nitrogens with zero attached hydrogens (tertiary/aromatic N) is 2. The number of dihydropyridines is 1. The van der Waals surface area contributed by atoms with Crippen molar-refractivity contribution in [3.8, 4) is 0 Å². The van der Waals surface area contributed by atoms with Gasteiger partial charge < -0.3 is 14.8 Å². The average molecular weight is 592 g/mol. The van der Waals surface area contributed by atoms with Crippen molar-refractivity contribution in [2.24, 2.45) is 0 Å². The minimum absolute atomic E-state index is 0.233. The van der Waals surface area contributed by atoms with Gasteiger partial charge >= 0.3 is 11.9 Å². The SMILES string of the molecule is CC1=C(C(=O)OCCCCCCCCCCOS(C)(=O)=O)C(c2cccc3nonc23)C(C(=O)OC(C)C)=C(C)N1. The van der Waals surface area contributed by atoms with Crippen molar-refractivity contribution in [2.75, 3.05) is 19.5 Å². The van der Waals surface area contributed by atoms with Gasteiger partial charge in [0.05, 0.1) is 42.6 Å². The number of fused-ring (bicyclic) bond motifs is 1. The number of ether oxygens (including phenoxy) is 2.